The number of carbonyl (C=O) groups is 1. The molecule has 0 aliphatic carbocycles. The van der Waals surface area contributed by atoms with Crippen LogP contribution < -0.4 is 0 Å². The number of nitrogens with zero attached hydrogens (tertiary/aromatic N) is 4. The number of halogens is 1. The van der Waals surface area contributed by atoms with Gasteiger partial charge in [0.2, 0.25) is 5.91 Å². The third-order valence-electron chi connectivity index (χ3n) is 4.58. The number of carbonyl (C=O) groups excluding carboxylic acids is 1. The van der Waals surface area contributed by atoms with Gasteiger partial charge in [-0.1, -0.05) is 23.4 Å². The number of benzene rings is 1. The van der Waals surface area contributed by atoms with Crippen LogP contribution in [-0.2, 0) is 11.3 Å². The van der Waals surface area contributed by atoms with Crippen LogP contribution in [0.25, 0.3) is 11.4 Å². The first-order valence-electron chi connectivity index (χ1n) is 8.71. The molecule has 1 fully saturated rings. The Kier molecular flexibility index (Phi) is 6.02. The Morgan fingerprint density at radius 2 is 2.04 bits per heavy atom. The normalized spacial score (nSPS) is 17.7. The number of thioether (sulfide) groups is 1. The van der Waals surface area contributed by atoms with Gasteiger partial charge in [0, 0.05) is 29.7 Å². The van der Waals surface area contributed by atoms with E-state index in [-0.39, 0.29) is 5.91 Å². The molecular formula is C18H23ClN4OS. The zero-order valence-corrected chi connectivity index (χ0v) is 16.2. The van der Waals surface area contributed by atoms with Gasteiger partial charge in [-0.2, -0.15) is 0 Å². The largest absolute Gasteiger partial charge is 0.339 e. The lowest BCUT2D eigenvalue weighted by Crippen LogP contribution is -2.43. The minimum absolute atomic E-state index is 0.191. The Morgan fingerprint density at radius 1 is 1.28 bits per heavy atom. The zero-order chi connectivity index (χ0) is 17.8. The zero-order valence-electron chi connectivity index (χ0n) is 14.6. The summed E-state index contributed by atoms with van der Waals surface area (Å²) in [6.45, 7) is 5.81. The number of amides is 1. The highest BCUT2D eigenvalue weighted by atomic mass is 35.5. The summed E-state index contributed by atoms with van der Waals surface area (Å²) < 4.78 is 2.04. The summed E-state index contributed by atoms with van der Waals surface area (Å²) in [4.78, 5) is 14.5. The van der Waals surface area contributed by atoms with E-state index in [4.69, 9.17) is 11.6 Å². The number of piperidine rings is 1. The first-order chi connectivity index (χ1) is 12.1. The van der Waals surface area contributed by atoms with Gasteiger partial charge in [-0.05, 0) is 57.4 Å². The fraction of sp³-hybridized carbons (Fsp3) is 0.500. The summed E-state index contributed by atoms with van der Waals surface area (Å²) in [6.07, 6.45) is 3.42. The lowest BCUT2D eigenvalue weighted by Gasteiger charge is -2.33. The molecule has 7 heteroatoms. The van der Waals surface area contributed by atoms with Crippen LogP contribution in [0.1, 0.15) is 33.1 Å². The van der Waals surface area contributed by atoms with Gasteiger partial charge in [0.25, 0.3) is 0 Å². The van der Waals surface area contributed by atoms with Crippen molar-refractivity contribution in [3.05, 3.63) is 29.3 Å². The molecule has 3 rings (SSSR count). The van der Waals surface area contributed by atoms with Crippen LogP contribution in [0, 0.1) is 0 Å². The van der Waals surface area contributed by atoms with Crippen molar-refractivity contribution < 1.29 is 4.79 Å². The summed E-state index contributed by atoms with van der Waals surface area (Å²) in [6, 6.07) is 7.91. The highest BCUT2D eigenvalue weighted by molar-refractivity contribution is 7.99. The van der Waals surface area contributed by atoms with Gasteiger partial charge in [0.1, 0.15) is 0 Å². The van der Waals surface area contributed by atoms with E-state index in [0.717, 1.165) is 42.5 Å². The van der Waals surface area contributed by atoms with Crippen LogP contribution >= 0.6 is 23.4 Å². The van der Waals surface area contributed by atoms with Crippen molar-refractivity contribution in [2.75, 3.05) is 12.3 Å². The predicted molar refractivity (Wildman–Crippen MR) is 102 cm³/mol. The Hall–Kier alpha value is -1.53. The number of likely N-dealkylation sites (tertiary alicyclic amines) is 1. The molecule has 25 heavy (non-hydrogen) atoms. The molecule has 1 aromatic heterocycles. The average Bonchev–Trinajstić information content (AvgIpc) is 3.03. The van der Waals surface area contributed by atoms with Gasteiger partial charge < -0.3 is 9.47 Å². The van der Waals surface area contributed by atoms with Gasteiger partial charge in [-0.3, -0.25) is 4.79 Å². The minimum Gasteiger partial charge on any atom is -0.339 e. The van der Waals surface area contributed by atoms with Crippen LogP contribution in [0.5, 0.6) is 0 Å². The monoisotopic (exact) mass is 378 g/mol. The molecule has 5 nitrogen and oxygen atoms in total. The fourth-order valence-corrected chi connectivity index (χ4v) is 4.19. The molecule has 0 saturated carbocycles. The van der Waals surface area contributed by atoms with Crippen molar-refractivity contribution in [2.45, 2.75) is 50.9 Å². The molecule has 2 aromatic rings. The molecule has 0 N–H and O–H groups in total. The summed E-state index contributed by atoms with van der Waals surface area (Å²) in [5.41, 5.74) is 0.974. The van der Waals surface area contributed by atoms with Crippen molar-refractivity contribution in [3.63, 3.8) is 0 Å². The van der Waals surface area contributed by atoms with E-state index < -0.39 is 0 Å². The highest BCUT2D eigenvalue weighted by Gasteiger charge is 2.24. The van der Waals surface area contributed by atoms with E-state index in [1.807, 2.05) is 33.7 Å². The van der Waals surface area contributed by atoms with Gasteiger partial charge in [0.15, 0.2) is 11.0 Å². The van der Waals surface area contributed by atoms with Crippen LogP contribution in [0.4, 0.5) is 0 Å². The van der Waals surface area contributed by atoms with Gasteiger partial charge in [0.05, 0.1) is 5.75 Å². The van der Waals surface area contributed by atoms with Crippen LogP contribution in [0.15, 0.2) is 29.4 Å². The number of hydrogen-bond acceptors (Lipinski definition) is 4. The molecule has 2 heterocycles. The van der Waals surface area contributed by atoms with Crippen molar-refractivity contribution in [2.24, 2.45) is 0 Å². The smallest absolute Gasteiger partial charge is 0.233 e. The molecule has 1 saturated heterocycles. The highest BCUT2D eigenvalue weighted by Crippen LogP contribution is 2.26. The maximum Gasteiger partial charge on any atom is 0.233 e. The van der Waals surface area contributed by atoms with Gasteiger partial charge in [-0.25, -0.2) is 0 Å². The SMILES string of the molecule is CCn1c(SCC(=O)N2CCCC[C@@H]2C)nnc1-c1ccc(Cl)cc1. The molecule has 1 amide bonds. The lowest BCUT2D eigenvalue weighted by molar-refractivity contribution is -0.131. The van der Waals surface area contributed by atoms with E-state index in [9.17, 15) is 4.79 Å². The first kappa shape index (κ1) is 18.3. The summed E-state index contributed by atoms with van der Waals surface area (Å²) in [5.74, 6) is 1.40. The number of hydrogen-bond donors (Lipinski definition) is 0. The third kappa shape index (κ3) is 4.18. The summed E-state index contributed by atoms with van der Waals surface area (Å²) in [7, 11) is 0. The molecule has 1 aromatic carbocycles. The molecule has 1 atom stereocenters. The quantitative estimate of drug-likeness (QED) is 0.734. The molecule has 1 aliphatic rings. The van der Waals surface area contributed by atoms with E-state index in [0.29, 0.717) is 16.8 Å². The lowest BCUT2D eigenvalue weighted by atomic mass is 10.0. The molecular weight excluding hydrogens is 356 g/mol. The first-order valence-corrected chi connectivity index (χ1v) is 10.1. The Bertz CT molecular complexity index is 731. The average molecular weight is 379 g/mol. The van der Waals surface area contributed by atoms with Crippen molar-refractivity contribution >= 4 is 29.3 Å². The molecule has 0 unspecified atom stereocenters. The molecule has 0 radical (unpaired) electrons. The minimum atomic E-state index is 0.191. The predicted octanol–water partition coefficient (Wildman–Crippen LogP) is 4.11. The Morgan fingerprint density at radius 3 is 2.72 bits per heavy atom. The van der Waals surface area contributed by atoms with E-state index >= 15 is 0 Å². The van der Waals surface area contributed by atoms with E-state index in [2.05, 4.69) is 24.0 Å². The molecule has 1 aliphatic heterocycles. The van der Waals surface area contributed by atoms with Crippen LogP contribution in [-0.4, -0.2) is 43.9 Å². The molecule has 134 valence electrons. The summed E-state index contributed by atoms with van der Waals surface area (Å²) >= 11 is 7.43. The van der Waals surface area contributed by atoms with E-state index in [1.165, 1.54) is 18.2 Å². The summed E-state index contributed by atoms with van der Waals surface area (Å²) in [5, 5.41) is 10.1. The van der Waals surface area contributed by atoms with Crippen molar-refractivity contribution in [1.29, 1.82) is 0 Å². The number of rotatable bonds is 5. The van der Waals surface area contributed by atoms with Gasteiger partial charge >= 0.3 is 0 Å². The van der Waals surface area contributed by atoms with Gasteiger partial charge in [-0.15, -0.1) is 10.2 Å². The molecule has 0 spiro atoms. The second kappa shape index (κ2) is 8.23. The van der Waals surface area contributed by atoms with E-state index in [1.54, 1.807) is 0 Å². The van der Waals surface area contributed by atoms with Crippen molar-refractivity contribution in [3.8, 4) is 11.4 Å². The maximum absolute atomic E-state index is 12.5. The topological polar surface area (TPSA) is 51.0 Å². The second-order valence-electron chi connectivity index (χ2n) is 6.28. The third-order valence-corrected chi connectivity index (χ3v) is 5.79. The van der Waals surface area contributed by atoms with Crippen LogP contribution in [0.2, 0.25) is 5.02 Å². The Balaban J connectivity index is 1.70. The maximum atomic E-state index is 12.5. The molecule has 0 bridgehead atoms. The standard InChI is InChI=1S/C18H23ClN4OS/c1-3-22-17(14-7-9-15(19)10-8-14)20-21-18(22)25-12-16(24)23-11-5-4-6-13(23)2/h7-10,13H,3-6,11-12H2,1-2H3/t13-/m0/s1. The Labute approximate surface area is 157 Å². The second-order valence-corrected chi connectivity index (χ2v) is 7.66. The van der Waals surface area contributed by atoms with Crippen molar-refractivity contribution in [1.82, 2.24) is 19.7 Å². The number of aromatic nitrogens is 3. The fourth-order valence-electron chi connectivity index (χ4n) is 3.17. The van der Waals surface area contributed by atoms with Crippen LogP contribution in [0.3, 0.4) is 0 Å².